The molecule has 6 nitrogen and oxygen atoms in total. The minimum atomic E-state index is -3.30. The van der Waals surface area contributed by atoms with Crippen molar-refractivity contribution in [1.29, 1.82) is 0 Å². The molecule has 0 bridgehead atoms. The fraction of sp³-hybridized carbons (Fsp3) is 0.417. The Labute approximate surface area is 112 Å². The van der Waals surface area contributed by atoms with E-state index >= 15 is 0 Å². The predicted octanol–water partition coefficient (Wildman–Crippen LogP) is 0.904. The van der Waals surface area contributed by atoms with E-state index in [0.717, 1.165) is 0 Å². The van der Waals surface area contributed by atoms with Gasteiger partial charge in [-0.2, -0.15) is 0 Å². The minimum absolute atomic E-state index is 0.120. The largest absolute Gasteiger partial charge is 0.465 e. The number of esters is 1. The van der Waals surface area contributed by atoms with E-state index < -0.39 is 16.0 Å². The number of hydrogen-bond acceptors (Lipinski definition) is 5. The third-order valence-corrected chi connectivity index (χ3v) is 5.06. The third-order valence-electron chi connectivity index (χ3n) is 3.21. The highest BCUT2D eigenvalue weighted by Crippen LogP contribution is 2.32. The summed E-state index contributed by atoms with van der Waals surface area (Å²) in [6.45, 7) is 2.15. The average molecular weight is 284 g/mol. The molecular formula is C12H16N2O4S. The van der Waals surface area contributed by atoms with Crippen molar-refractivity contribution in [2.75, 3.05) is 29.4 Å². The molecule has 1 aliphatic heterocycles. The summed E-state index contributed by atoms with van der Waals surface area (Å²) in [5, 5.41) is 0. The van der Waals surface area contributed by atoms with Gasteiger partial charge < -0.3 is 10.5 Å². The maximum absolute atomic E-state index is 11.9. The van der Waals surface area contributed by atoms with Crippen LogP contribution < -0.4 is 10.0 Å². The van der Waals surface area contributed by atoms with E-state index in [1.807, 2.05) is 0 Å². The summed E-state index contributed by atoms with van der Waals surface area (Å²) >= 11 is 0. The van der Waals surface area contributed by atoms with E-state index in [0.29, 0.717) is 29.9 Å². The van der Waals surface area contributed by atoms with Gasteiger partial charge in [-0.05, 0) is 31.0 Å². The summed E-state index contributed by atoms with van der Waals surface area (Å²) in [7, 11) is -2.03. The van der Waals surface area contributed by atoms with E-state index in [-0.39, 0.29) is 11.3 Å². The molecule has 0 spiro atoms. The second-order valence-corrected chi connectivity index (χ2v) is 6.46. The first-order valence-electron chi connectivity index (χ1n) is 5.85. The van der Waals surface area contributed by atoms with Crippen molar-refractivity contribution in [2.45, 2.75) is 13.3 Å². The number of sulfonamides is 1. The predicted molar refractivity (Wildman–Crippen MR) is 72.7 cm³/mol. The number of benzene rings is 1. The van der Waals surface area contributed by atoms with Gasteiger partial charge in [0.25, 0.3) is 0 Å². The number of nitrogens with two attached hydrogens (primary N) is 1. The van der Waals surface area contributed by atoms with Crippen molar-refractivity contribution >= 4 is 27.4 Å². The molecule has 2 N–H and O–H groups in total. The number of rotatable bonds is 2. The van der Waals surface area contributed by atoms with Crippen LogP contribution in [0.4, 0.5) is 11.4 Å². The Kier molecular flexibility index (Phi) is 3.40. The van der Waals surface area contributed by atoms with E-state index in [2.05, 4.69) is 4.74 Å². The van der Waals surface area contributed by atoms with Gasteiger partial charge in [-0.25, -0.2) is 13.2 Å². The molecule has 1 saturated heterocycles. The van der Waals surface area contributed by atoms with Crippen LogP contribution in [0.2, 0.25) is 0 Å². The van der Waals surface area contributed by atoms with Crippen molar-refractivity contribution in [3.05, 3.63) is 23.3 Å². The minimum Gasteiger partial charge on any atom is -0.465 e. The van der Waals surface area contributed by atoms with Gasteiger partial charge in [-0.15, -0.1) is 0 Å². The topological polar surface area (TPSA) is 89.7 Å². The maximum Gasteiger partial charge on any atom is 0.337 e. The number of nitrogen functional groups attached to an aromatic ring is 1. The molecular weight excluding hydrogens is 268 g/mol. The monoisotopic (exact) mass is 284 g/mol. The number of carbonyl (C=O) groups excluding carboxylic acids is 1. The summed E-state index contributed by atoms with van der Waals surface area (Å²) in [5.74, 6) is -0.418. The Bertz CT molecular complexity index is 625. The molecule has 7 heteroatoms. The molecule has 1 aliphatic rings. The molecule has 1 aromatic carbocycles. The smallest absolute Gasteiger partial charge is 0.337 e. The van der Waals surface area contributed by atoms with Crippen LogP contribution in [0.1, 0.15) is 22.3 Å². The van der Waals surface area contributed by atoms with Crippen LogP contribution in [0.15, 0.2) is 12.1 Å². The summed E-state index contributed by atoms with van der Waals surface area (Å²) in [6, 6.07) is 3.01. The van der Waals surface area contributed by atoms with Gasteiger partial charge >= 0.3 is 5.97 Å². The zero-order valence-corrected chi connectivity index (χ0v) is 11.7. The van der Waals surface area contributed by atoms with Gasteiger partial charge in [0.1, 0.15) is 0 Å². The van der Waals surface area contributed by atoms with Gasteiger partial charge in [0.05, 0.1) is 24.1 Å². The fourth-order valence-corrected chi connectivity index (χ4v) is 3.74. The Morgan fingerprint density at radius 2 is 2.11 bits per heavy atom. The number of methoxy groups -OCH3 is 1. The van der Waals surface area contributed by atoms with E-state index in [1.165, 1.54) is 23.5 Å². The second-order valence-electron chi connectivity index (χ2n) is 4.44. The lowest BCUT2D eigenvalue weighted by atomic mass is 10.1. The summed E-state index contributed by atoms with van der Waals surface area (Å²) < 4.78 is 29.8. The normalized spacial score (nSPS) is 17.5. The van der Waals surface area contributed by atoms with E-state index in [4.69, 9.17) is 5.73 Å². The van der Waals surface area contributed by atoms with Crippen LogP contribution in [0.3, 0.4) is 0 Å². The molecule has 19 heavy (non-hydrogen) atoms. The van der Waals surface area contributed by atoms with Gasteiger partial charge in [0.15, 0.2) is 0 Å². The van der Waals surface area contributed by atoms with Crippen LogP contribution in [-0.2, 0) is 14.8 Å². The zero-order chi connectivity index (χ0) is 14.2. The Balaban J connectivity index is 2.57. The first-order valence-corrected chi connectivity index (χ1v) is 7.46. The first-order chi connectivity index (χ1) is 8.86. The van der Waals surface area contributed by atoms with Crippen LogP contribution in [0.25, 0.3) is 0 Å². The van der Waals surface area contributed by atoms with Gasteiger partial charge in [-0.3, -0.25) is 4.31 Å². The summed E-state index contributed by atoms with van der Waals surface area (Å²) in [4.78, 5) is 11.6. The number of hydrogen-bond donors (Lipinski definition) is 1. The Morgan fingerprint density at radius 3 is 2.63 bits per heavy atom. The summed E-state index contributed by atoms with van der Waals surface area (Å²) in [5.41, 5.74) is 7.58. The second kappa shape index (κ2) is 4.73. The zero-order valence-electron chi connectivity index (χ0n) is 10.8. The first kappa shape index (κ1) is 13.7. The molecule has 0 aromatic heterocycles. The van der Waals surface area contributed by atoms with Crippen molar-refractivity contribution < 1.29 is 17.9 Å². The Morgan fingerprint density at radius 1 is 1.42 bits per heavy atom. The van der Waals surface area contributed by atoms with Crippen LogP contribution >= 0.6 is 0 Å². The van der Waals surface area contributed by atoms with Gasteiger partial charge in [0.2, 0.25) is 10.0 Å². The molecule has 0 atom stereocenters. The van der Waals surface area contributed by atoms with E-state index in [9.17, 15) is 13.2 Å². The molecule has 2 rings (SSSR count). The summed E-state index contributed by atoms with van der Waals surface area (Å²) in [6.07, 6.45) is 0.574. The van der Waals surface area contributed by atoms with Crippen LogP contribution in [0.5, 0.6) is 0 Å². The van der Waals surface area contributed by atoms with Gasteiger partial charge in [-0.1, -0.05) is 0 Å². The van der Waals surface area contributed by atoms with E-state index in [1.54, 1.807) is 6.92 Å². The Hall–Kier alpha value is -1.76. The standard InChI is InChI=1S/C12H16N2O4S/c1-8-10(13)6-9(12(15)18-2)7-11(8)14-4-3-5-19(14,16)17/h6-7H,3-5,13H2,1-2H3. The average Bonchev–Trinajstić information content (AvgIpc) is 2.71. The van der Waals surface area contributed by atoms with Crippen molar-refractivity contribution in [3.63, 3.8) is 0 Å². The number of anilines is 2. The molecule has 0 unspecified atom stereocenters. The maximum atomic E-state index is 11.9. The number of carbonyl (C=O) groups is 1. The fourth-order valence-electron chi connectivity index (χ4n) is 2.13. The lowest BCUT2D eigenvalue weighted by Gasteiger charge is -2.21. The molecule has 104 valence electrons. The van der Waals surface area contributed by atoms with Crippen molar-refractivity contribution in [1.82, 2.24) is 0 Å². The molecule has 0 radical (unpaired) electrons. The van der Waals surface area contributed by atoms with Crippen LogP contribution in [-0.4, -0.2) is 33.8 Å². The SMILES string of the molecule is COC(=O)c1cc(N)c(C)c(N2CCCS2(=O)=O)c1. The molecule has 0 saturated carbocycles. The quantitative estimate of drug-likeness (QED) is 0.644. The number of nitrogens with zero attached hydrogens (tertiary/aromatic N) is 1. The van der Waals surface area contributed by atoms with Crippen molar-refractivity contribution in [3.8, 4) is 0 Å². The molecule has 1 heterocycles. The number of ether oxygens (including phenoxy) is 1. The molecule has 0 amide bonds. The highest BCUT2D eigenvalue weighted by atomic mass is 32.2. The van der Waals surface area contributed by atoms with Gasteiger partial charge in [0, 0.05) is 12.2 Å². The lowest BCUT2D eigenvalue weighted by Crippen LogP contribution is -2.26. The van der Waals surface area contributed by atoms with Crippen LogP contribution in [0, 0.1) is 6.92 Å². The molecule has 1 fully saturated rings. The molecule has 1 aromatic rings. The highest BCUT2D eigenvalue weighted by Gasteiger charge is 2.30. The van der Waals surface area contributed by atoms with Crippen molar-refractivity contribution in [2.24, 2.45) is 0 Å². The lowest BCUT2D eigenvalue weighted by molar-refractivity contribution is 0.0601. The highest BCUT2D eigenvalue weighted by molar-refractivity contribution is 7.93. The molecule has 0 aliphatic carbocycles. The third kappa shape index (κ3) is 2.37.